The van der Waals surface area contributed by atoms with Gasteiger partial charge >= 0.3 is 0 Å². The van der Waals surface area contributed by atoms with E-state index >= 15 is 0 Å². The van der Waals surface area contributed by atoms with Gasteiger partial charge in [0.25, 0.3) is 5.19 Å². The van der Waals surface area contributed by atoms with Gasteiger partial charge in [-0.25, -0.2) is 9.38 Å². The zero-order chi connectivity index (χ0) is 21.7. The van der Waals surface area contributed by atoms with Gasteiger partial charge in [-0.05, 0) is 56.2 Å². The maximum atomic E-state index is 13.0. The van der Waals surface area contributed by atoms with Crippen LogP contribution in [0.25, 0.3) is 12.2 Å². The molecule has 0 N–H and O–H groups in total. The van der Waals surface area contributed by atoms with E-state index in [2.05, 4.69) is 28.2 Å². The molecule has 0 aliphatic heterocycles. The van der Waals surface area contributed by atoms with Crippen LogP contribution >= 0.6 is 23.1 Å². The smallest absolute Gasteiger partial charge is 0.299 e. The molecule has 3 rings (SSSR count). The number of ether oxygens (including phenoxy) is 1. The van der Waals surface area contributed by atoms with Crippen molar-refractivity contribution in [1.82, 2.24) is 14.3 Å². The van der Waals surface area contributed by atoms with E-state index in [0.717, 1.165) is 22.7 Å². The second-order valence-electron chi connectivity index (χ2n) is 6.98. The summed E-state index contributed by atoms with van der Waals surface area (Å²) in [4.78, 5) is 10.8. The third kappa shape index (κ3) is 5.87. The molecule has 0 unspecified atom stereocenters. The highest BCUT2D eigenvalue weighted by molar-refractivity contribution is 7.07. The Hall–Kier alpha value is -2.77. The van der Waals surface area contributed by atoms with Crippen LogP contribution in [0, 0.1) is 12.7 Å². The Labute approximate surface area is 184 Å². The van der Waals surface area contributed by atoms with Crippen molar-refractivity contribution in [2.45, 2.75) is 26.8 Å². The fraction of sp³-hybridized carbons (Fsp3) is 0.227. The Morgan fingerprint density at radius 2 is 1.93 bits per heavy atom. The first-order valence-corrected chi connectivity index (χ1v) is 10.5. The van der Waals surface area contributed by atoms with Crippen molar-refractivity contribution < 1.29 is 9.13 Å². The Morgan fingerprint density at radius 3 is 2.63 bits per heavy atom. The second kappa shape index (κ2) is 9.82. The molecule has 5 nitrogen and oxygen atoms in total. The molecule has 156 valence electrons. The normalized spacial score (nSPS) is 11.7. The number of rotatable bonds is 7. The van der Waals surface area contributed by atoms with Crippen molar-refractivity contribution in [2.75, 3.05) is 7.05 Å². The molecule has 1 aromatic heterocycles. The highest BCUT2D eigenvalue weighted by atomic mass is 35.5. The van der Waals surface area contributed by atoms with Gasteiger partial charge in [-0.15, -0.1) is 0 Å². The lowest BCUT2D eigenvalue weighted by Crippen LogP contribution is -2.24. The van der Waals surface area contributed by atoms with Gasteiger partial charge in [0.1, 0.15) is 11.6 Å². The van der Waals surface area contributed by atoms with Gasteiger partial charge in [-0.3, -0.25) is 0 Å². The van der Waals surface area contributed by atoms with Crippen LogP contribution in [0.5, 0.6) is 10.9 Å². The van der Waals surface area contributed by atoms with E-state index in [-0.39, 0.29) is 5.82 Å². The SMILES string of the molecule is Cc1cc(N=CN(C)C(C)C)c(Cl)cc1Oc1nc(/C=C/c2ccc(F)cc2)ns1. The van der Waals surface area contributed by atoms with Gasteiger partial charge in [0.2, 0.25) is 0 Å². The number of hydrogen-bond donors (Lipinski definition) is 0. The van der Waals surface area contributed by atoms with E-state index in [1.54, 1.807) is 30.6 Å². The second-order valence-corrected chi connectivity index (χ2v) is 8.10. The van der Waals surface area contributed by atoms with Crippen molar-refractivity contribution in [3.05, 3.63) is 64.2 Å². The Kier molecular flexibility index (Phi) is 7.18. The largest absolute Gasteiger partial charge is 0.430 e. The molecule has 0 aliphatic rings. The number of benzene rings is 2. The summed E-state index contributed by atoms with van der Waals surface area (Å²) in [6.07, 6.45) is 5.32. The van der Waals surface area contributed by atoms with Gasteiger partial charge in [0, 0.05) is 30.7 Å². The minimum absolute atomic E-state index is 0.271. The van der Waals surface area contributed by atoms with E-state index in [1.165, 1.54) is 12.1 Å². The average Bonchev–Trinajstić information content (AvgIpc) is 3.16. The molecule has 0 bridgehead atoms. The monoisotopic (exact) mass is 444 g/mol. The highest BCUT2D eigenvalue weighted by Crippen LogP contribution is 2.35. The fourth-order valence-electron chi connectivity index (χ4n) is 2.31. The van der Waals surface area contributed by atoms with Gasteiger partial charge in [0.15, 0.2) is 5.82 Å². The summed E-state index contributed by atoms with van der Waals surface area (Å²) in [6, 6.07) is 10.1. The Balaban J connectivity index is 1.71. The van der Waals surface area contributed by atoms with E-state index in [4.69, 9.17) is 16.3 Å². The molecule has 0 radical (unpaired) electrons. The number of aliphatic imine (C=N–C) groups is 1. The summed E-state index contributed by atoms with van der Waals surface area (Å²) in [7, 11) is 1.96. The molecule has 30 heavy (non-hydrogen) atoms. The van der Waals surface area contributed by atoms with Gasteiger partial charge in [-0.2, -0.15) is 9.36 Å². The first kappa shape index (κ1) is 21.9. The van der Waals surface area contributed by atoms with Crippen LogP contribution in [0.3, 0.4) is 0 Å². The lowest BCUT2D eigenvalue weighted by molar-refractivity contribution is 0.429. The van der Waals surface area contributed by atoms with Gasteiger partial charge in [0.05, 0.1) is 17.0 Å². The number of aryl methyl sites for hydroxylation is 1. The van der Waals surface area contributed by atoms with E-state index in [9.17, 15) is 4.39 Å². The van der Waals surface area contributed by atoms with Crippen LogP contribution in [-0.2, 0) is 0 Å². The quantitative estimate of drug-likeness (QED) is 0.304. The van der Waals surface area contributed by atoms with Gasteiger partial charge < -0.3 is 9.64 Å². The zero-order valence-electron chi connectivity index (χ0n) is 17.1. The number of aromatic nitrogens is 2. The minimum Gasteiger partial charge on any atom is -0.430 e. The van der Waals surface area contributed by atoms with Crippen LogP contribution in [0.2, 0.25) is 5.02 Å². The fourth-order valence-corrected chi connectivity index (χ4v) is 3.05. The van der Waals surface area contributed by atoms with E-state index in [1.807, 2.05) is 31.0 Å². The number of hydrogen-bond acceptors (Lipinski definition) is 5. The zero-order valence-corrected chi connectivity index (χ0v) is 18.7. The van der Waals surface area contributed by atoms with Crippen LogP contribution in [0.4, 0.5) is 10.1 Å². The maximum absolute atomic E-state index is 13.0. The summed E-state index contributed by atoms with van der Waals surface area (Å²) >= 11 is 7.53. The predicted octanol–water partition coefficient (Wildman–Crippen LogP) is 6.60. The molecule has 0 aliphatic carbocycles. The summed E-state index contributed by atoms with van der Waals surface area (Å²) in [5.74, 6) is 0.842. The Bertz CT molecular complexity index is 1060. The van der Waals surface area contributed by atoms with Crippen molar-refractivity contribution in [3.63, 3.8) is 0 Å². The molecule has 0 saturated carbocycles. The molecule has 0 spiro atoms. The molecule has 0 fully saturated rings. The molecule has 8 heteroatoms. The van der Waals surface area contributed by atoms with Crippen molar-refractivity contribution in [3.8, 4) is 10.9 Å². The minimum atomic E-state index is -0.271. The third-order valence-electron chi connectivity index (χ3n) is 4.35. The van der Waals surface area contributed by atoms with Crippen LogP contribution in [0.15, 0.2) is 41.4 Å². The average molecular weight is 445 g/mol. The summed E-state index contributed by atoms with van der Waals surface area (Å²) in [6.45, 7) is 6.09. The predicted molar refractivity (Wildman–Crippen MR) is 123 cm³/mol. The first-order valence-electron chi connectivity index (χ1n) is 9.33. The topological polar surface area (TPSA) is 50.6 Å². The first-order chi connectivity index (χ1) is 14.3. The molecular weight excluding hydrogens is 423 g/mol. The van der Waals surface area contributed by atoms with Crippen molar-refractivity contribution in [2.24, 2.45) is 4.99 Å². The van der Waals surface area contributed by atoms with Crippen LogP contribution in [0.1, 0.15) is 30.8 Å². The van der Waals surface area contributed by atoms with E-state index in [0.29, 0.717) is 33.5 Å². The highest BCUT2D eigenvalue weighted by Gasteiger charge is 2.11. The lowest BCUT2D eigenvalue weighted by atomic mass is 10.2. The van der Waals surface area contributed by atoms with Crippen molar-refractivity contribution in [1.29, 1.82) is 0 Å². The standard InChI is InChI=1S/C22H22ClFN4OS/c1-14(2)28(4)13-25-19-11-15(3)20(12-18(19)23)29-22-26-21(27-30-22)10-7-16-5-8-17(24)9-6-16/h5-14H,1-4H3/b10-7+,25-13?. The lowest BCUT2D eigenvalue weighted by Gasteiger charge is -2.17. The summed E-state index contributed by atoms with van der Waals surface area (Å²) < 4.78 is 23.1. The number of halogens is 2. The van der Waals surface area contributed by atoms with Gasteiger partial charge in [-0.1, -0.05) is 29.8 Å². The summed E-state index contributed by atoms with van der Waals surface area (Å²) in [5, 5.41) is 0.897. The summed E-state index contributed by atoms with van der Waals surface area (Å²) in [5.41, 5.74) is 2.42. The molecule has 0 saturated heterocycles. The van der Waals surface area contributed by atoms with Crippen LogP contribution in [-0.4, -0.2) is 33.7 Å². The molecule has 3 aromatic rings. The molecule has 0 atom stereocenters. The third-order valence-corrected chi connectivity index (χ3v) is 5.27. The van der Waals surface area contributed by atoms with Crippen LogP contribution < -0.4 is 4.74 Å². The molecule has 0 amide bonds. The maximum Gasteiger partial charge on any atom is 0.299 e. The molecule has 2 aromatic carbocycles. The van der Waals surface area contributed by atoms with Crippen molar-refractivity contribution >= 4 is 47.3 Å². The molecular formula is C22H22ClFN4OS. The number of nitrogens with zero attached hydrogens (tertiary/aromatic N) is 4. The molecule has 1 heterocycles. The van der Waals surface area contributed by atoms with E-state index < -0.39 is 0 Å². The Morgan fingerprint density at radius 1 is 1.20 bits per heavy atom.